The number of hydrogen-bond donors (Lipinski definition) is 0. The summed E-state index contributed by atoms with van der Waals surface area (Å²) in [6, 6.07) is 172. The maximum absolute atomic E-state index is 2.44. The van der Waals surface area contributed by atoms with Crippen molar-refractivity contribution >= 4 is 45.5 Å². The Morgan fingerprint density at radius 3 is 0.581 bits per heavy atom. The zero-order valence-electron chi connectivity index (χ0n) is 86.3. The van der Waals surface area contributed by atoms with E-state index in [0.717, 1.165) is 26.2 Å². The standard InChI is InChI=1S/C36H32N2.2C35H30N2.C34H28N2/c1-37(2)27-19-16-25(17-20-27)23-38(3)24-26-18-21-35-31(22-26)30-12-6-9-15-34(30)36(35)32-13-7-4-10-28(32)29-11-5-8-14-33(29)36;1-36(2)25-17-19-26(20-18-25)37(3)23-24-16-21-34-30(22-24)29-12-6-9-15-33(29)35(34)31-13-7-4-10-27(31)28-11-5-8-14-32(28)35;1-36(2)25-18-16-24(17-19-25)23-37(3)26-20-21-34-30(22-26)29-12-6-9-15-33(29)35(34)31-13-7-4-10-27(31)28-11-5-8-14-32(28)35;1-35(2)23-16-18-24(19-17-23)36(3)25-20-21-33-29(22-25)28-12-6-9-15-32(28)34(33)30-13-7-4-10-26(30)27-11-5-8-14-31(27)34/h4-22H,23-24H2,1-3H3;2*4-22H,23H2,1-3H3;4-22H,1-3H3. The normalized spacial score (nSPS) is 13.7. The van der Waals surface area contributed by atoms with Gasteiger partial charge in [0.1, 0.15) is 0 Å². The Morgan fingerprint density at radius 1 is 0.135 bits per heavy atom. The van der Waals surface area contributed by atoms with Crippen LogP contribution in [0.5, 0.6) is 0 Å². The highest BCUT2D eigenvalue weighted by Crippen LogP contribution is 2.68. The van der Waals surface area contributed by atoms with E-state index in [4.69, 9.17) is 0 Å². The van der Waals surface area contributed by atoms with Crippen LogP contribution in [0.2, 0.25) is 0 Å². The van der Waals surface area contributed by atoms with Crippen LogP contribution in [0.15, 0.2) is 461 Å². The van der Waals surface area contributed by atoms with Crippen molar-refractivity contribution in [3.63, 3.8) is 0 Å². The molecule has 0 aromatic heterocycles. The molecule has 0 bridgehead atoms. The Hall–Kier alpha value is -17.0. The van der Waals surface area contributed by atoms with Crippen LogP contribution in [-0.4, -0.2) is 89.5 Å². The molecule has 4 spiro atoms. The van der Waals surface area contributed by atoms with Gasteiger partial charge in [-0.05, 0) is 317 Å². The highest BCUT2D eigenvalue weighted by Gasteiger charge is 2.56. The SMILES string of the molecule is CN(C)c1ccc(CN(C)c2ccc3c(c2)-c2ccccc2C32c3ccccc3-c3ccccc32)cc1.CN(C)c1ccc(N(C)Cc2ccc3c(c2)-c2ccccc2C32c3ccccc3-c3ccccc32)cc1.CN(C)c1ccc(N(C)c2ccc3c(c2)-c2ccccc2C32c3ccccc3-c3ccccc32)cc1.CN(Cc1ccc(N(C)C)cc1)Cc1ccc2c(c1)-c1ccccc1C21c2ccccc2-c2ccccc21. The van der Waals surface area contributed by atoms with E-state index >= 15 is 0 Å². The van der Waals surface area contributed by atoms with E-state index in [1.807, 2.05) is 0 Å². The monoisotopic (exact) mass is 1910 g/mol. The summed E-state index contributed by atoms with van der Waals surface area (Å²) in [5, 5.41) is 0. The Bertz CT molecular complexity index is 8390. The minimum atomic E-state index is -0.274. The number of anilines is 8. The van der Waals surface area contributed by atoms with Crippen LogP contribution in [0.1, 0.15) is 111 Å². The number of fused-ring (bicyclic) bond motifs is 40. The van der Waals surface area contributed by atoms with Crippen molar-refractivity contribution in [3.8, 4) is 89.0 Å². The Labute approximate surface area is 872 Å². The largest absolute Gasteiger partial charge is 0.378 e. The summed E-state index contributed by atoms with van der Waals surface area (Å²) in [5.41, 5.74) is 57.9. The molecule has 0 fully saturated rings. The van der Waals surface area contributed by atoms with Gasteiger partial charge >= 0.3 is 0 Å². The molecule has 8 aliphatic rings. The first-order chi connectivity index (χ1) is 72.3. The third kappa shape index (κ3) is 14.4. The van der Waals surface area contributed by atoms with Gasteiger partial charge in [0.05, 0.1) is 21.7 Å². The molecule has 0 N–H and O–H groups in total. The van der Waals surface area contributed by atoms with Crippen molar-refractivity contribution in [3.05, 3.63) is 572 Å². The van der Waals surface area contributed by atoms with E-state index in [2.05, 4.69) is 585 Å². The Morgan fingerprint density at radius 2 is 0.304 bits per heavy atom. The molecule has 148 heavy (non-hydrogen) atoms. The molecule has 20 aromatic carbocycles. The number of nitrogens with zero attached hydrogens (tertiary/aromatic N) is 8. The van der Waals surface area contributed by atoms with Crippen molar-refractivity contribution < 1.29 is 0 Å². The molecule has 0 atom stereocenters. The molecule has 28 rings (SSSR count). The lowest BCUT2D eigenvalue weighted by atomic mass is 9.70. The summed E-state index contributed by atoms with van der Waals surface area (Å²) < 4.78 is 0. The minimum Gasteiger partial charge on any atom is -0.378 e. The van der Waals surface area contributed by atoms with E-state index in [9.17, 15) is 0 Å². The van der Waals surface area contributed by atoms with Gasteiger partial charge in [-0.1, -0.05) is 352 Å². The van der Waals surface area contributed by atoms with Gasteiger partial charge in [0.15, 0.2) is 0 Å². The van der Waals surface area contributed by atoms with E-state index in [1.54, 1.807) is 0 Å². The second kappa shape index (κ2) is 36.6. The molecule has 0 aliphatic heterocycles. The van der Waals surface area contributed by atoms with Crippen LogP contribution < -0.4 is 34.3 Å². The summed E-state index contributed by atoms with van der Waals surface area (Å²) in [7, 11) is 25.4. The molecule has 20 aromatic rings. The molecule has 8 nitrogen and oxygen atoms in total. The van der Waals surface area contributed by atoms with Crippen molar-refractivity contribution in [2.24, 2.45) is 0 Å². The molecule has 8 aliphatic carbocycles. The van der Waals surface area contributed by atoms with Gasteiger partial charge in [-0.3, -0.25) is 4.90 Å². The van der Waals surface area contributed by atoms with Crippen molar-refractivity contribution in [2.75, 3.05) is 119 Å². The van der Waals surface area contributed by atoms with Crippen LogP contribution in [-0.2, 0) is 47.8 Å². The van der Waals surface area contributed by atoms with Crippen LogP contribution in [0.3, 0.4) is 0 Å². The van der Waals surface area contributed by atoms with Gasteiger partial charge in [-0.15, -0.1) is 0 Å². The quantitative estimate of drug-likeness (QED) is 0.0944. The van der Waals surface area contributed by atoms with Crippen LogP contribution >= 0.6 is 0 Å². The fourth-order valence-electron chi connectivity index (χ4n) is 26.4. The molecule has 0 saturated heterocycles. The van der Waals surface area contributed by atoms with Gasteiger partial charge in [0.2, 0.25) is 0 Å². The zero-order chi connectivity index (χ0) is 101. The molecular formula is C140H120N8. The molecular weight excluding hydrogens is 1790 g/mol. The van der Waals surface area contributed by atoms with Crippen molar-refractivity contribution in [1.29, 1.82) is 0 Å². The maximum Gasteiger partial charge on any atom is 0.0725 e. The zero-order valence-corrected chi connectivity index (χ0v) is 86.3. The summed E-state index contributed by atoms with van der Waals surface area (Å²) in [5.74, 6) is 0. The number of benzene rings is 20. The average molecular weight is 1910 g/mol. The van der Waals surface area contributed by atoms with Gasteiger partial charge < -0.3 is 34.3 Å². The third-order valence-corrected chi connectivity index (χ3v) is 33.1. The summed E-state index contributed by atoms with van der Waals surface area (Å²) in [6.07, 6.45) is 0. The predicted octanol–water partition coefficient (Wildman–Crippen LogP) is 31.1. The first-order valence-electron chi connectivity index (χ1n) is 52.0. The highest BCUT2D eigenvalue weighted by atomic mass is 15.1. The lowest BCUT2D eigenvalue weighted by Crippen LogP contribution is -2.26. The second-order valence-corrected chi connectivity index (χ2v) is 42.2. The number of rotatable bonds is 16. The van der Waals surface area contributed by atoms with Gasteiger partial charge in [0.25, 0.3) is 0 Å². The molecule has 0 heterocycles. The highest BCUT2D eigenvalue weighted by molar-refractivity contribution is 6.01. The first-order valence-corrected chi connectivity index (χ1v) is 52.0. The van der Waals surface area contributed by atoms with Crippen LogP contribution in [0.4, 0.5) is 45.5 Å². The van der Waals surface area contributed by atoms with E-state index in [-0.39, 0.29) is 21.7 Å². The summed E-state index contributed by atoms with van der Waals surface area (Å²) >= 11 is 0. The summed E-state index contributed by atoms with van der Waals surface area (Å²) in [6.45, 7) is 3.55. The average Bonchev–Trinajstić information content (AvgIpc) is 1.52. The molecule has 8 heteroatoms. The molecule has 0 amide bonds. The first kappa shape index (κ1) is 92.1. The smallest absolute Gasteiger partial charge is 0.0725 e. The molecule has 0 radical (unpaired) electrons. The van der Waals surface area contributed by atoms with Gasteiger partial charge in [-0.25, -0.2) is 0 Å². The van der Waals surface area contributed by atoms with Gasteiger partial charge in [0, 0.05) is 149 Å². The van der Waals surface area contributed by atoms with Crippen LogP contribution in [0, 0.1) is 0 Å². The van der Waals surface area contributed by atoms with Gasteiger partial charge in [-0.2, -0.15) is 0 Å². The lowest BCUT2D eigenvalue weighted by Gasteiger charge is -2.30. The Balaban J connectivity index is 0.000000103. The minimum absolute atomic E-state index is 0.252. The van der Waals surface area contributed by atoms with E-state index in [0.29, 0.717) is 0 Å². The lowest BCUT2D eigenvalue weighted by molar-refractivity contribution is 0.319. The number of hydrogen-bond acceptors (Lipinski definition) is 8. The predicted molar refractivity (Wildman–Crippen MR) is 621 cm³/mol. The fraction of sp³-hybridized carbons (Fsp3) is 0.143. The topological polar surface area (TPSA) is 25.9 Å². The molecule has 720 valence electrons. The van der Waals surface area contributed by atoms with Crippen molar-refractivity contribution in [1.82, 2.24) is 4.90 Å². The Kier molecular flexibility index (Phi) is 22.8. The maximum atomic E-state index is 2.44. The van der Waals surface area contributed by atoms with E-state index < -0.39 is 0 Å². The summed E-state index contributed by atoms with van der Waals surface area (Å²) in [4.78, 5) is 17.9. The van der Waals surface area contributed by atoms with Crippen molar-refractivity contribution in [2.45, 2.75) is 47.8 Å². The molecule has 0 saturated carbocycles. The fourth-order valence-corrected chi connectivity index (χ4v) is 26.4. The molecule has 0 unspecified atom stereocenters. The third-order valence-electron chi connectivity index (χ3n) is 33.1. The van der Waals surface area contributed by atoms with E-state index in [1.165, 1.54) is 246 Å². The second-order valence-electron chi connectivity index (χ2n) is 42.2. The van der Waals surface area contributed by atoms with Crippen LogP contribution in [0.25, 0.3) is 89.0 Å².